The van der Waals surface area contributed by atoms with Gasteiger partial charge in [-0.1, -0.05) is 13.8 Å². The second-order valence-electron chi connectivity index (χ2n) is 4.95. The number of thiophene rings is 2. The van der Waals surface area contributed by atoms with E-state index < -0.39 is 21.9 Å². The number of fused-ring (bicyclic) bond motifs is 1. The minimum atomic E-state index is -3.20. The van der Waals surface area contributed by atoms with Crippen LogP contribution in [0.1, 0.15) is 20.3 Å². The van der Waals surface area contributed by atoms with Crippen LogP contribution in [0.25, 0.3) is 9.40 Å². The standard InChI is InChI=1S/C12H17N3O2S3/c1-7(2)5-8(13)12(16)15-20(14,17)11-6-10-9(19-11)3-4-18-10/h3-4,6-8H,5,13H2,1-2H3,(H2,14,15,16,17)/t8-,20?/m0/s1. The van der Waals surface area contributed by atoms with E-state index in [1.165, 1.54) is 22.7 Å². The van der Waals surface area contributed by atoms with E-state index in [2.05, 4.69) is 4.36 Å². The SMILES string of the molecule is CC(C)C[C@H](N)C(=O)N=S(N)(=O)c1cc2sccc2s1. The Morgan fingerprint density at radius 3 is 2.75 bits per heavy atom. The van der Waals surface area contributed by atoms with Crippen LogP contribution in [0.2, 0.25) is 0 Å². The van der Waals surface area contributed by atoms with E-state index in [1.54, 1.807) is 6.07 Å². The second kappa shape index (κ2) is 5.90. The molecule has 0 fully saturated rings. The van der Waals surface area contributed by atoms with Gasteiger partial charge in [0.1, 0.15) is 4.21 Å². The highest BCUT2D eigenvalue weighted by Gasteiger charge is 2.19. The van der Waals surface area contributed by atoms with Gasteiger partial charge in [0.05, 0.1) is 6.04 Å². The molecule has 1 amide bonds. The van der Waals surface area contributed by atoms with Gasteiger partial charge in [0.2, 0.25) is 0 Å². The Hall–Kier alpha value is -0.800. The van der Waals surface area contributed by atoms with E-state index in [0.717, 1.165) is 9.40 Å². The first kappa shape index (κ1) is 15.6. The Balaban J connectivity index is 2.29. The maximum atomic E-state index is 12.4. The molecule has 2 rings (SSSR count). The van der Waals surface area contributed by atoms with E-state index in [0.29, 0.717) is 10.6 Å². The van der Waals surface area contributed by atoms with Gasteiger partial charge >= 0.3 is 0 Å². The number of carbonyl (C=O) groups excluding carboxylic acids is 1. The summed E-state index contributed by atoms with van der Waals surface area (Å²) in [4.78, 5) is 11.9. The van der Waals surface area contributed by atoms with Gasteiger partial charge in [0.15, 0.2) is 9.92 Å². The van der Waals surface area contributed by atoms with Crippen LogP contribution in [0.5, 0.6) is 0 Å². The van der Waals surface area contributed by atoms with Gasteiger partial charge in [-0.2, -0.15) is 0 Å². The third-order valence-corrected chi connectivity index (χ3v) is 6.67. The Bertz CT molecular complexity index is 710. The van der Waals surface area contributed by atoms with Crippen LogP contribution in [-0.4, -0.2) is 16.2 Å². The Morgan fingerprint density at radius 1 is 1.45 bits per heavy atom. The molecular weight excluding hydrogens is 314 g/mol. The molecule has 2 aromatic heterocycles. The van der Waals surface area contributed by atoms with Gasteiger partial charge in [-0.15, -0.1) is 27.0 Å². The normalized spacial score (nSPS) is 16.2. The van der Waals surface area contributed by atoms with Gasteiger partial charge in [0.25, 0.3) is 5.91 Å². The fourth-order valence-corrected chi connectivity index (χ4v) is 5.30. The van der Waals surface area contributed by atoms with Crippen molar-refractivity contribution in [2.45, 2.75) is 30.5 Å². The van der Waals surface area contributed by atoms with Gasteiger partial charge in [-0.25, -0.2) is 9.35 Å². The first-order chi connectivity index (χ1) is 9.29. The lowest BCUT2D eigenvalue weighted by Gasteiger charge is -2.10. The number of nitrogens with two attached hydrogens (primary N) is 2. The molecule has 8 heteroatoms. The molecular formula is C12H17N3O2S3. The molecule has 0 radical (unpaired) electrons. The van der Waals surface area contributed by atoms with Crippen molar-refractivity contribution >= 4 is 47.9 Å². The van der Waals surface area contributed by atoms with Gasteiger partial charge in [-0.05, 0) is 29.9 Å². The van der Waals surface area contributed by atoms with Crippen molar-refractivity contribution in [2.75, 3.05) is 0 Å². The third-order valence-electron chi connectivity index (χ3n) is 2.67. The zero-order chi connectivity index (χ0) is 14.9. The van der Waals surface area contributed by atoms with E-state index in [-0.39, 0.29) is 5.92 Å². The summed E-state index contributed by atoms with van der Waals surface area (Å²) in [5, 5.41) is 7.68. The Kier molecular flexibility index (Phi) is 4.60. The average Bonchev–Trinajstić information content (AvgIpc) is 2.86. The molecule has 0 aromatic carbocycles. The molecule has 2 heterocycles. The van der Waals surface area contributed by atoms with Gasteiger partial charge in [0, 0.05) is 9.40 Å². The van der Waals surface area contributed by atoms with E-state index >= 15 is 0 Å². The number of hydrogen-bond acceptors (Lipinski definition) is 5. The number of rotatable bonds is 4. The van der Waals surface area contributed by atoms with Crippen LogP contribution >= 0.6 is 22.7 Å². The molecule has 0 bridgehead atoms. The molecule has 0 spiro atoms. The van der Waals surface area contributed by atoms with E-state index in [9.17, 15) is 9.00 Å². The highest BCUT2D eigenvalue weighted by atomic mass is 32.2. The van der Waals surface area contributed by atoms with Crippen molar-refractivity contribution in [3.63, 3.8) is 0 Å². The minimum absolute atomic E-state index is 0.269. The van der Waals surface area contributed by atoms with E-state index in [1.807, 2.05) is 25.3 Å². The van der Waals surface area contributed by atoms with Gasteiger partial charge in [-0.3, -0.25) is 4.79 Å². The number of amides is 1. The van der Waals surface area contributed by atoms with Crippen LogP contribution in [0.4, 0.5) is 0 Å². The molecule has 2 atom stereocenters. The lowest BCUT2D eigenvalue weighted by atomic mass is 10.0. The van der Waals surface area contributed by atoms with Crippen LogP contribution < -0.4 is 10.9 Å². The average molecular weight is 331 g/mol. The maximum Gasteiger partial charge on any atom is 0.271 e. The fourth-order valence-electron chi connectivity index (χ4n) is 1.74. The summed E-state index contributed by atoms with van der Waals surface area (Å²) in [5.74, 6) is -0.326. The summed E-state index contributed by atoms with van der Waals surface area (Å²) in [6, 6.07) is 2.91. The van der Waals surface area contributed by atoms with Crippen LogP contribution in [0, 0.1) is 5.92 Å². The first-order valence-electron chi connectivity index (χ1n) is 6.11. The van der Waals surface area contributed by atoms with Crippen molar-refractivity contribution in [3.8, 4) is 0 Å². The molecule has 0 aliphatic rings. The quantitative estimate of drug-likeness (QED) is 0.900. The first-order valence-corrected chi connectivity index (χ1v) is 9.38. The largest absolute Gasteiger partial charge is 0.320 e. The number of hydrogen-bond donors (Lipinski definition) is 2. The van der Waals surface area contributed by atoms with E-state index in [4.69, 9.17) is 10.9 Å². The highest BCUT2D eigenvalue weighted by Crippen LogP contribution is 2.32. The lowest BCUT2D eigenvalue weighted by molar-refractivity contribution is -0.119. The molecule has 0 aliphatic carbocycles. The third kappa shape index (κ3) is 3.44. The smallest absolute Gasteiger partial charge is 0.271 e. The van der Waals surface area contributed by atoms with Crippen molar-refractivity contribution < 1.29 is 9.00 Å². The Labute approximate surface area is 126 Å². The molecule has 4 N–H and O–H groups in total. The predicted octanol–water partition coefficient (Wildman–Crippen LogP) is 2.56. The maximum absolute atomic E-state index is 12.4. The van der Waals surface area contributed by atoms with Crippen LogP contribution in [0.3, 0.4) is 0 Å². The van der Waals surface area contributed by atoms with Crippen LogP contribution in [-0.2, 0) is 14.7 Å². The topological polar surface area (TPSA) is 98.5 Å². The van der Waals surface area contributed by atoms with Crippen molar-refractivity contribution in [1.29, 1.82) is 0 Å². The van der Waals surface area contributed by atoms with Crippen molar-refractivity contribution in [1.82, 2.24) is 0 Å². The molecule has 2 aromatic rings. The fraction of sp³-hybridized carbons (Fsp3) is 0.417. The molecule has 0 saturated heterocycles. The van der Waals surface area contributed by atoms with Gasteiger partial charge < -0.3 is 5.73 Å². The lowest BCUT2D eigenvalue weighted by Crippen LogP contribution is -2.32. The number of carbonyl (C=O) groups is 1. The zero-order valence-electron chi connectivity index (χ0n) is 11.2. The van der Waals surface area contributed by atoms with Crippen molar-refractivity contribution in [3.05, 3.63) is 17.5 Å². The van der Waals surface area contributed by atoms with Crippen LogP contribution in [0.15, 0.2) is 26.1 Å². The Morgan fingerprint density at radius 2 is 2.15 bits per heavy atom. The zero-order valence-corrected chi connectivity index (χ0v) is 13.7. The summed E-state index contributed by atoms with van der Waals surface area (Å²) < 4.78 is 18.5. The summed E-state index contributed by atoms with van der Waals surface area (Å²) in [7, 11) is -3.20. The summed E-state index contributed by atoms with van der Waals surface area (Å²) in [6.45, 7) is 3.92. The molecule has 110 valence electrons. The molecule has 0 saturated carbocycles. The molecule has 1 unspecified atom stereocenters. The molecule has 5 nitrogen and oxygen atoms in total. The molecule has 20 heavy (non-hydrogen) atoms. The molecule has 0 aliphatic heterocycles. The summed E-state index contributed by atoms with van der Waals surface area (Å²) >= 11 is 2.84. The monoisotopic (exact) mass is 331 g/mol. The summed E-state index contributed by atoms with van der Waals surface area (Å²) in [5.41, 5.74) is 5.74. The number of nitrogens with zero attached hydrogens (tertiary/aromatic N) is 1. The van der Waals surface area contributed by atoms with Crippen molar-refractivity contribution in [2.24, 2.45) is 21.2 Å². The minimum Gasteiger partial charge on any atom is -0.320 e. The summed E-state index contributed by atoms with van der Waals surface area (Å²) in [6.07, 6.45) is 0.497. The predicted molar refractivity (Wildman–Crippen MR) is 85.2 cm³/mol. The second-order valence-corrected chi connectivity index (χ2v) is 9.00. The highest BCUT2D eigenvalue weighted by molar-refractivity contribution is 7.94.